The lowest BCUT2D eigenvalue weighted by molar-refractivity contribution is 0.565. The molecule has 0 fully saturated rings. The number of fused-ring (bicyclic) bond motifs is 1. The Hall–Kier alpha value is -1.01. The molecule has 0 saturated carbocycles. The fourth-order valence-corrected chi connectivity index (χ4v) is 4.23. The number of aryl methyl sites for hydroxylation is 2. The molecule has 1 heterocycles. The summed E-state index contributed by atoms with van der Waals surface area (Å²) in [7, 11) is -3.30. The predicted molar refractivity (Wildman–Crippen MR) is 67.9 cm³/mol. The van der Waals surface area contributed by atoms with Gasteiger partial charge in [0.1, 0.15) is 10.8 Å². The van der Waals surface area contributed by atoms with Crippen molar-refractivity contribution < 1.29 is 13.2 Å². The van der Waals surface area contributed by atoms with Crippen LogP contribution in [-0.4, -0.2) is 18.7 Å². The van der Waals surface area contributed by atoms with Crippen molar-refractivity contribution in [3.63, 3.8) is 0 Å². The van der Waals surface area contributed by atoms with E-state index in [1.54, 1.807) is 0 Å². The van der Waals surface area contributed by atoms with E-state index in [4.69, 9.17) is 4.74 Å². The lowest BCUT2D eigenvalue weighted by Gasteiger charge is -2.05. The molecule has 3 rings (SSSR count). The second-order valence-corrected chi connectivity index (χ2v) is 7.01. The van der Waals surface area contributed by atoms with Crippen LogP contribution in [0.3, 0.4) is 0 Å². The summed E-state index contributed by atoms with van der Waals surface area (Å²) in [6.07, 6.45) is 3.38. The van der Waals surface area contributed by atoms with Crippen LogP contribution >= 0.6 is 11.8 Å². The predicted octanol–water partition coefficient (Wildman–Crippen LogP) is 1.94. The van der Waals surface area contributed by atoms with Gasteiger partial charge in [-0.1, -0.05) is 6.07 Å². The number of benzene rings is 1. The number of nitrogens with zero attached hydrogens (tertiary/aromatic N) is 1. The summed E-state index contributed by atoms with van der Waals surface area (Å²) in [5.74, 6) is 0.675. The zero-order chi connectivity index (χ0) is 11.9. The molecule has 17 heavy (non-hydrogen) atoms. The fraction of sp³-hybridized carbons (Fsp3) is 0.364. The maximum Gasteiger partial charge on any atom is 0.268 e. The Morgan fingerprint density at radius 1 is 1.24 bits per heavy atom. The Morgan fingerprint density at radius 3 is 2.82 bits per heavy atom. The van der Waals surface area contributed by atoms with E-state index in [9.17, 15) is 8.42 Å². The molecule has 2 aliphatic rings. The van der Waals surface area contributed by atoms with Gasteiger partial charge in [-0.05, 0) is 54.3 Å². The zero-order valence-corrected chi connectivity index (χ0v) is 10.7. The van der Waals surface area contributed by atoms with Crippen LogP contribution in [0.15, 0.2) is 22.6 Å². The molecule has 0 radical (unpaired) electrons. The van der Waals surface area contributed by atoms with E-state index in [-0.39, 0.29) is 10.3 Å². The van der Waals surface area contributed by atoms with Crippen LogP contribution in [0.2, 0.25) is 0 Å². The van der Waals surface area contributed by atoms with E-state index in [2.05, 4.69) is 4.40 Å². The molecule has 0 atom stereocenters. The summed E-state index contributed by atoms with van der Waals surface area (Å²) in [4.78, 5) is 0. The van der Waals surface area contributed by atoms with Crippen LogP contribution < -0.4 is 4.74 Å². The third-order valence-corrected chi connectivity index (χ3v) is 5.46. The second kappa shape index (κ2) is 4.03. The molecule has 0 unspecified atom stereocenters. The highest BCUT2D eigenvalue weighted by molar-refractivity contribution is 8.24. The highest BCUT2D eigenvalue weighted by Crippen LogP contribution is 2.28. The van der Waals surface area contributed by atoms with E-state index in [1.807, 2.05) is 18.2 Å². The van der Waals surface area contributed by atoms with E-state index >= 15 is 0 Å². The minimum Gasteiger partial charge on any atom is -0.433 e. The number of thioether (sulfide) groups is 1. The maximum atomic E-state index is 11.1. The van der Waals surface area contributed by atoms with Crippen LogP contribution in [0.25, 0.3) is 0 Å². The lowest BCUT2D eigenvalue weighted by Crippen LogP contribution is -2.01. The normalized spacial score (nSPS) is 21.1. The molecule has 4 nitrogen and oxygen atoms in total. The van der Waals surface area contributed by atoms with Gasteiger partial charge in [-0.2, -0.15) is 0 Å². The number of ether oxygens (including phenoxy) is 1. The van der Waals surface area contributed by atoms with Gasteiger partial charge in [0.15, 0.2) is 0 Å². The largest absolute Gasteiger partial charge is 0.433 e. The van der Waals surface area contributed by atoms with Gasteiger partial charge in [0, 0.05) is 0 Å². The van der Waals surface area contributed by atoms with Crippen molar-refractivity contribution in [3.05, 3.63) is 29.3 Å². The Labute approximate surface area is 104 Å². The summed E-state index contributed by atoms with van der Waals surface area (Å²) in [6, 6.07) is 5.90. The van der Waals surface area contributed by atoms with Crippen molar-refractivity contribution in [2.24, 2.45) is 4.40 Å². The molecular formula is C11H11NO3S2. The first kappa shape index (κ1) is 11.1. The summed E-state index contributed by atoms with van der Waals surface area (Å²) >= 11 is 1.12. The number of hydrogen-bond donors (Lipinski definition) is 0. The van der Waals surface area contributed by atoms with Gasteiger partial charge in [-0.3, -0.25) is 0 Å². The van der Waals surface area contributed by atoms with Gasteiger partial charge in [0.2, 0.25) is 0 Å². The highest BCUT2D eigenvalue weighted by Gasteiger charge is 2.23. The second-order valence-electron chi connectivity index (χ2n) is 4.09. The van der Waals surface area contributed by atoms with Crippen LogP contribution in [0, 0.1) is 0 Å². The SMILES string of the molecule is O=S1(=O)CSC(Oc2ccc3c(c2)CCC3)=N1. The average molecular weight is 269 g/mol. The van der Waals surface area contributed by atoms with Gasteiger partial charge in [-0.25, -0.2) is 8.42 Å². The minimum atomic E-state index is -3.30. The molecular weight excluding hydrogens is 258 g/mol. The molecule has 0 amide bonds. The first-order valence-corrected chi connectivity index (χ1v) is 7.97. The Balaban J connectivity index is 1.83. The third-order valence-electron chi connectivity index (χ3n) is 2.82. The van der Waals surface area contributed by atoms with Crippen molar-refractivity contribution in [1.29, 1.82) is 0 Å². The van der Waals surface area contributed by atoms with Crippen molar-refractivity contribution in [3.8, 4) is 5.75 Å². The van der Waals surface area contributed by atoms with Gasteiger partial charge >= 0.3 is 0 Å². The lowest BCUT2D eigenvalue weighted by atomic mass is 10.1. The van der Waals surface area contributed by atoms with Gasteiger partial charge < -0.3 is 4.74 Å². The number of sulfonamides is 1. The smallest absolute Gasteiger partial charge is 0.268 e. The molecule has 6 heteroatoms. The summed E-state index contributed by atoms with van der Waals surface area (Å²) in [5, 5.41) is 0.204. The summed E-state index contributed by atoms with van der Waals surface area (Å²) in [6.45, 7) is 0. The van der Waals surface area contributed by atoms with Gasteiger partial charge in [0.25, 0.3) is 15.3 Å². The quantitative estimate of drug-likeness (QED) is 0.782. The van der Waals surface area contributed by atoms with Gasteiger partial charge in [0.05, 0.1) is 0 Å². The molecule has 0 N–H and O–H groups in total. The van der Waals surface area contributed by atoms with Crippen LogP contribution in [0.4, 0.5) is 0 Å². The first-order valence-electron chi connectivity index (χ1n) is 5.37. The molecule has 1 aliphatic heterocycles. The molecule has 1 aromatic rings. The van der Waals surface area contributed by atoms with Crippen LogP contribution in [0.5, 0.6) is 5.75 Å². The molecule has 0 bridgehead atoms. The van der Waals surface area contributed by atoms with Crippen molar-refractivity contribution in [1.82, 2.24) is 0 Å². The first-order chi connectivity index (χ1) is 8.12. The Kier molecular flexibility index (Phi) is 2.63. The summed E-state index contributed by atoms with van der Waals surface area (Å²) in [5.41, 5.74) is 2.67. The highest BCUT2D eigenvalue weighted by atomic mass is 32.3. The minimum absolute atomic E-state index is 0.0206. The Bertz CT molecular complexity index is 593. The van der Waals surface area contributed by atoms with Crippen molar-refractivity contribution in [2.45, 2.75) is 19.3 Å². The molecule has 1 aromatic carbocycles. The van der Waals surface area contributed by atoms with E-state index < -0.39 is 10.0 Å². The average Bonchev–Trinajstić information content (AvgIpc) is 2.84. The third kappa shape index (κ3) is 2.32. The molecule has 90 valence electrons. The van der Waals surface area contributed by atoms with Crippen LogP contribution in [0.1, 0.15) is 17.5 Å². The van der Waals surface area contributed by atoms with Crippen molar-refractivity contribution >= 4 is 27.0 Å². The number of rotatable bonds is 1. The van der Waals surface area contributed by atoms with Crippen LogP contribution in [-0.2, 0) is 22.9 Å². The van der Waals surface area contributed by atoms with E-state index in [0.717, 1.165) is 24.6 Å². The standard InChI is InChI=1S/C11H11NO3S2/c13-17(14)7-16-11(12-17)15-10-5-4-8-2-1-3-9(8)6-10/h4-6H,1-3,7H2. The topological polar surface area (TPSA) is 55.7 Å². The summed E-state index contributed by atoms with van der Waals surface area (Å²) < 4.78 is 31.3. The van der Waals surface area contributed by atoms with Crippen molar-refractivity contribution in [2.75, 3.05) is 5.08 Å². The molecule has 0 spiro atoms. The number of hydrogen-bond acceptors (Lipinski definition) is 4. The Morgan fingerprint density at radius 2 is 2.06 bits per heavy atom. The maximum absolute atomic E-state index is 11.1. The van der Waals surface area contributed by atoms with E-state index in [0.29, 0.717) is 5.75 Å². The molecule has 0 aromatic heterocycles. The monoisotopic (exact) mass is 269 g/mol. The molecule has 1 aliphatic carbocycles. The molecule has 0 saturated heterocycles. The fourth-order valence-electron chi connectivity index (χ4n) is 2.05. The van der Waals surface area contributed by atoms with Gasteiger partial charge in [-0.15, -0.1) is 4.40 Å². The zero-order valence-electron chi connectivity index (χ0n) is 9.05. The van der Waals surface area contributed by atoms with E-state index in [1.165, 1.54) is 17.5 Å².